The highest BCUT2D eigenvalue weighted by atomic mass is 16.2. The Bertz CT molecular complexity index is 1250. The Kier molecular flexibility index (Phi) is 4.59. The lowest BCUT2D eigenvalue weighted by Gasteiger charge is -2.29. The number of hydrogen-bond acceptors (Lipinski definition) is 5. The van der Waals surface area contributed by atoms with Gasteiger partial charge in [-0.25, -0.2) is 9.97 Å². The highest BCUT2D eigenvalue weighted by Gasteiger charge is 2.25. The smallest absolute Gasteiger partial charge is 0.277 e. The second-order valence-electron chi connectivity index (χ2n) is 7.38. The molecule has 4 aromatic rings. The van der Waals surface area contributed by atoms with Crippen LogP contribution in [-0.2, 0) is 6.42 Å². The number of amides is 1. The first-order chi connectivity index (χ1) is 14.7. The van der Waals surface area contributed by atoms with Crippen molar-refractivity contribution < 1.29 is 4.79 Å². The number of fused-ring (bicyclic) bond motifs is 2. The van der Waals surface area contributed by atoms with Gasteiger partial charge in [0.1, 0.15) is 17.3 Å². The summed E-state index contributed by atoms with van der Waals surface area (Å²) in [7, 11) is 0. The molecule has 5 rings (SSSR count). The summed E-state index contributed by atoms with van der Waals surface area (Å²) >= 11 is 0. The van der Waals surface area contributed by atoms with E-state index < -0.39 is 0 Å². The van der Waals surface area contributed by atoms with E-state index in [4.69, 9.17) is 0 Å². The molecule has 6 nitrogen and oxygen atoms in total. The van der Waals surface area contributed by atoms with Crippen LogP contribution in [0.25, 0.3) is 10.9 Å². The van der Waals surface area contributed by atoms with E-state index in [1.807, 2.05) is 53.4 Å². The minimum atomic E-state index is -0.105. The van der Waals surface area contributed by atoms with Crippen LogP contribution in [-0.4, -0.2) is 27.4 Å². The molecule has 6 heteroatoms. The molecule has 3 heterocycles. The molecular formula is C24H21N5O. The lowest BCUT2D eigenvalue weighted by Crippen LogP contribution is -2.36. The maximum atomic E-state index is 13.3. The first-order valence-electron chi connectivity index (χ1n) is 10.1. The molecule has 1 N–H and O–H groups in total. The van der Waals surface area contributed by atoms with Gasteiger partial charge in [0.15, 0.2) is 0 Å². The van der Waals surface area contributed by atoms with Gasteiger partial charge in [-0.15, -0.1) is 0 Å². The Morgan fingerprint density at radius 2 is 1.90 bits per heavy atom. The van der Waals surface area contributed by atoms with E-state index in [1.165, 1.54) is 5.56 Å². The quantitative estimate of drug-likeness (QED) is 0.546. The topological polar surface area (TPSA) is 71.0 Å². The molecule has 0 spiro atoms. The number of para-hydroxylation sites is 2. The molecule has 0 saturated heterocycles. The van der Waals surface area contributed by atoms with Crippen LogP contribution < -0.4 is 10.2 Å². The monoisotopic (exact) mass is 395 g/mol. The Labute approximate surface area is 174 Å². The number of benzene rings is 2. The highest BCUT2D eigenvalue weighted by Crippen LogP contribution is 2.29. The fraction of sp³-hybridized carbons (Fsp3) is 0.167. The fourth-order valence-corrected chi connectivity index (χ4v) is 3.97. The zero-order chi connectivity index (χ0) is 20.5. The number of pyridine rings is 1. The molecule has 0 radical (unpaired) electrons. The average Bonchev–Trinajstić information content (AvgIpc) is 2.78. The second kappa shape index (κ2) is 7.55. The van der Waals surface area contributed by atoms with Gasteiger partial charge in [0, 0.05) is 29.9 Å². The summed E-state index contributed by atoms with van der Waals surface area (Å²) in [6.07, 6.45) is 3.70. The first-order valence-corrected chi connectivity index (χ1v) is 10.1. The number of nitrogens with one attached hydrogen (secondary N) is 1. The van der Waals surface area contributed by atoms with Crippen molar-refractivity contribution in [1.29, 1.82) is 0 Å². The third kappa shape index (κ3) is 3.37. The number of carbonyl (C=O) groups is 1. The largest absolute Gasteiger partial charge is 0.338 e. The molecule has 1 aliphatic rings. The Balaban J connectivity index is 1.49. The van der Waals surface area contributed by atoms with Gasteiger partial charge < -0.3 is 10.2 Å². The summed E-state index contributed by atoms with van der Waals surface area (Å²) in [4.78, 5) is 28.5. The molecule has 0 aliphatic carbocycles. The molecule has 2 aromatic heterocycles. The van der Waals surface area contributed by atoms with Gasteiger partial charge in [-0.05, 0) is 43.5 Å². The molecule has 2 aromatic carbocycles. The predicted molar refractivity (Wildman–Crippen MR) is 118 cm³/mol. The average molecular weight is 395 g/mol. The number of nitrogens with zero attached hydrogens (tertiary/aromatic N) is 4. The van der Waals surface area contributed by atoms with Crippen molar-refractivity contribution in [2.24, 2.45) is 0 Å². The Morgan fingerprint density at radius 3 is 2.83 bits per heavy atom. The SMILES string of the molecule is Cc1nc(Nc2cccc3cccnc23)cc(C(=O)N2CCCc3ccccc32)n1. The Morgan fingerprint density at radius 1 is 1.03 bits per heavy atom. The number of aryl methyl sites for hydroxylation is 2. The fourth-order valence-electron chi connectivity index (χ4n) is 3.97. The zero-order valence-corrected chi connectivity index (χ0v) is 16.7. The van der Waals surface area contributed by atoms with Gasteiger partial charge in [0.2, 0.25) is 0 Å². The highest BCUT2D eigenvalue weighted by molar-refractivity contribution is 6.06. The zero-order valence-electron chi connectivity index (χ0n) is 16.7. The summed E-state index contributed by atoms with van der Waals surface area (Å²) < 4.78 is 0. The standard InChI is InChI=1S/C24H21N5O/c1-16-26-20(24(30)29-14-6-10-17-7-2-3-12-21(17)29)15-22(27-16)28-19-11-4-8-18-9-5-13-25-23(18)19/h2-5,7-9,11-13,15H,6,10,14H2,1H3,(H,26,27,28). The van der Waals surface area contributed by atoms with Crippen LogP contribution >= 0.6 is 0 Å². The molecule has 0 bridgehead atoms. The van der Waals surface area contributed by atoms with Crippen molar-refractivity contribution in [3.8, 4) is 0 Å². The van der Waals surface area contributed by atoms with Crippen LogP contribution in [0, 0.1) is 6.92 Å². The normalized spacial score (nSPS) is 13.2. The van der Waals surface area contributed by atoms with Gasteiger partial charge in [-0.1, -0.05) is 36.4 Å². The lowest BCUT2D eigenvalue weighted by molar-refractivity contribution is 0.0980. The van der Waals surface area contributed by atoms with E-state index in [0.717, 1.165) is 35.1 Å². The summed E-state index contributed by atoms with van der Waals surface area (Å²) in [5.41, 5.74) is 4.25. The van der Waals surface area contributed by atoms with Gasteiger partial charge in [-0.2, -0.15) is 0 Å². The van der Waals surface area contributed by atoms with Gasteiger partial charge in [0.05, 0.1) is 11.2 Å². The van der Waals surface area contributed by atoms with E-state index in [9.17, 15) is 4.79 Å². The van der Waals surface area contributed by atoms with Crippen LogP contribution in [0.2, 0.25) is 0 Å². The van der Waals surface area contributed by atoms with E-state index in [1.54, 1.807) is 19.2 Å². The van der Waals surface area contributed by atoms with E-state index in [-0.39, 0.29) is 5.91 Å². The van der Waals surface area contributed by atoms with E-state index >= 15 is 0 Å². The van der Waals surface area contributed by atoms with Gasteiger partial charge >= 0.3 is 0 Å². The summed E-state index contributed by atoms with van der Waals surface area (Å²) in [5.74, 6) is 1.02. The molecule has 0 atom stereocenters. The summed E-state index contributed by atoms with van der Waals surface area (Å²) in [6, 6.07) is 19.7. The third-order valence-electron chi connectivity index (χ3n) is 5.31. The molecule has 148 valence electrons. The predicted octanol–water partition coefficient (Wildman–Crippen LogP) is 4.67. The van der Waals surface area contributed by atoms with Crippen molar-refractivity contribution in [3.63, 3.8) is 0 Å². The second-order valence-corrected chi connectivity index (χ2v) is 7.38. The van der Waals surface area contributed by atoms with Crippen LogP contribution in [0.15, 0.2) is 66.9 Å². The van der Waals surface area contributed by atoms with Crippen molar-refractivity contribution in [2.45, 2.75) is 19.8 Å². The van der Waals surface area contributed by atoms with Crippen LogP contribution in [0.4, 0.5) is 17.2 Å². The number of hydrogen-bond donors (Lipinski definition) is 1. The number of anilines is 3. The lowest BCUT2D eigenvalue weighted by atomic mass is 10.0. The maximum Gasteiger partial charge on any atom is 0.277 e. The summed E-state index contributed by atoms with van der Waals surface area (Å²) in [6.45, 7) is 2.49. The molecule has 0 unspecified atom stereocenters. The van der Waals surface area contributed by atoms with Crippen molar-refractivity contribution in [2.75, 3.05) is 16.8 Å². The first kappa shape index (κ1) is 18.2. The summed E-state index contributed by atoms with van der Waals surface area (Å²) in [5, 5.41) is 4.36. The molecule has 30 heavy (non-hydrogen) atoms. The van der Waals surface area contributed by atoms with Crippen LogP contribution in [0.3, 0.4) is 0 Å². The molecule has 0 fully saturated rings. The van der Waals surface area contributed by atoms with Crippen molar-refractivity contribution in [1.82, 2.24) is 15.0 Å². The third-order valence-corrected chi connectivity index (χ3v) is 5.31. The van der Waals surface area contributed by atoms with E-state index in [0.29, 0.717) is 23.9 Å². The molecular weight excluding hydrogens is 374 g/mol. The minimum absolute atomic E-state index is 0.105. The van der Waals surface area contributed by atoms with Crippen molar-refractivity contribution in [3.05, 3.63) is 83.9 Å². The van der Waals surface area contributed by atoms with E-state index in [2.05, 4.69) is 26.3 Å². The number of rotatable bonds is 3. The molecule has 0 saturated carbocycles. The minimum Gasteiger partial charge on any atom is -0.338 e. The maximum absolute atomic E-state index is 13.3. The van der Waals surface area contributed by atoms with Crippen LogP contribution in [0.5, 0.6) is 0 Å². The van der Waals surface area contributed by atoms with Gasteiger partial charge in [0.25, 0.3) is 5.91 Å². The van der Waals surface area contributed by atoms with Gasteiger partial charge in [-0.3, -0.25) is 9.78 Å². The van der Waals surface area contributed by atoms with Crippen LogP contribution in [0.1, 0.15) is 28.3 Å². The number of aromatic nitrogens is 3. The van der Waals surface area contributed by atoms with Crippen molar-refractivity contribution >= 4 is 34.0 Å². The molecule has 1 amide bonds. The Hall–Kier alpha value is -3.80. The number of carbonyl (C=O) groups excluding carboxylic acids is 1. The molecule has 1 aliphatic heterocycles.